The summed E-state index contributed by atoms with van der Waals surface area (Å²) in [7, 11) is 0. The van der Waals surface area contributed by atoms with E-state index in [1.54, 1.807) is 12.1 Å². The Morgan fingerprint density at radius 1 is 1.57 bits per heavy atom. The zero-order valence-electron chi connectivity index (χ0n) is 12.9. The predicted octanol–water partition coefficient (Wildman–Crippen LogP) is 0.958. The number of rotatable bonds is 5. The van der Waals surface area contributed by atoms with Crippen LogP contribution < -0.4 is 16.4 Å². The molecule has 1 aromatic carbocycles. The van der Waals surface area contributed by atoms with E-state index in [2.05, 4.69) is 16.7 Å². The van der Waals surface area contributed by atoms with Crippen LogP contribution in [0.25, 0.3) is 0 Å². The number of hydrogen-bond acceptors (Lipinski definition) is 5. The molecule has 0 radical (unpaired) electrons. The molecule has 1 saturated carbocycles. The van der Waals surface area contributed by atoms with Crippen LogP contribution in [0.2, 0.25) is 0 Å². The Balaban J connectivity index is 1.62. The number of nitrogens with two attached hydrogens (primary N) is 1. The van der Waals surface area contributed by atoms with Crippen LogP contribution in [-0.4, -0.2) is 30.2 Å². The average Bonchev–Trinajstić information content (AvgIpc) is 3.17. The lowest BCUT2D eigenvalue weighted by atomic mass is 9.98. The van der Waals surface area contributed by atoms with Gasteiger partial charge in [0.15, 0.2) is 0 Å². The number of nitriles is 1. The summed E-state index contributed by atoms with van der Waals surface area (Å²) in [5, 5.41) is 22.8. The molecule has 3 rings (SSSR count). The van der Waals surface area contributed by atoms with Gasteiger partial charge in [-0.25, -0.2) is 0 Å². The minimum Gasteiger partial charge on any atom is -0.398 e. The van der Waals surface area contributed by atoms with Crippen molar-refractivity contribution in [2.24, 2.45) is 5.92 Å². The Hall–Kier alpha value is -2.39. The fourth-order valence-corrected chi connectivity index (χ4v) is 3.66. The second-order valence-electron chi connectivity index (χ2n) is 6.42. The Morgan fingerprint density at radius 3 is 2.96 bits per heavy atom. The SMILES string of the molecule is N#CC(Cc1ccc(C=N)c(N)c1)NC(=O)C1NC2CCC1C2. The van der Waals surface area contributed by atoms with Crippen LogP contribution in [-0.2, 0) is 11.2 Å². The molecule has 1 amide bonds. The van der Waals surface area contributed by atoms with E-state index in [4.69, 9.17) is 11.1 Å². The maximum absolute atomic E-state index is 12.4. The van der Waals surface area contributed by atoms with Crippen molar-refractivity contribution in [3.05, 3.63) is 29.3 Å². The zero-order chi connectivity index (χ0) is 16.4. The molecule has 1 saturated heterocycles. The molecule has 0 spiro atoms. The maximum Gasteiger partial charge on any atom is 0.238 e. The molecule has 120 valence electrons. The molecule has 1 heterocycles. The monoisotopic (exact) mass is 311 g/mol. The quantitative estimate of drug-likeness (QED) is 0.479. The largest absolute Gasteiger partial charge is 0.398 e. The Labute approximate surface area is 135 Å². The number of amides is 1. The lowest BCUT2D eigenvalue weighted by molar-refractivity contribution is -0.124. The van der Waals surface area contributed by atoms with Crippen molar-refractivity contribution in [1.29, 1.82) is 10.7 Å². The Morgan fingerprint density at radius 2 is 2.39 bits per heavy atom. The molecule has 0 aromatic heterocycles. The summed E-state index contributed by atoms with van der Waals surface area (Å²) < 4.78 is 0. The highest BCUT2D eigenvalue weighted by atomic mass is 16.2. The van der Waals surface area contributed by atoms with E-state index < -0.39 is 6.04 Å². The minimum absolute atomic E-state index is 0.0761. The lowest BCUT2D eigenvalue weighted by Gasteiger charge is -2.23. The third-order valence-corrected chi connectivity index (χ3v) is 4.86. The van der Waals surface area contributed by atoms with Crippen molar-refractivity contribution >= 4 is 17.8 Å². The van der Waals surface area contributed by atoms with Crippen molar-refractivity contribution < 1.29 is 4.79 Å². The van der Waals surface area contributed by atoms with Crippen LogP contribution in [0, 0.1) is 22.7 Å². The fraction of sp³-hybridized carbons (Fsp3) is 0.471. The van der Waals surface area contributed by atoms with Gasteiger partial charge in [-0.05, 0) is 36.8 Å². The zero-order valence-corrected chi connectivity index (χ0v) is 12.9. The smallest absolute Gasteiger partial charge is 0.238 e. The van der Waals surface area contributed by atoms with E-state index in [1.165, 1.54) is 6.21 Å². The van der Waals surface area contributed by atoms with E-state index in [-0.39, 0.29) is 11.9 Å². The molecular weight excluding hydrogens is 290 g/mol. The van der Waals surface area contributed by atoms with Gasteiger partial charge in [0.2, 0.25) is 5.91 Å². The van der Waals surface area contributed by atoms with E-state index in [0.717, 1.165) is 24.8 Å². The number of nitrogens with one attached hydrogen (secondary N) is 3. The second kappa shape index (κ2) is 6.39. The molecule has 5 N–H and O–H groups in total. The number of benzene rings is 1. The number of anilines is 1. The molecule has 6 nitrogen and oxygen atoms in total. The van der Waals surface area contributed by atoms with Crippen LogP contribution in [0.3, 0.4) is 0 Å². The summed E-state index contributed by atoms with van der Waals surface area (Å²) in [5.41, 5.74) is 7.90. The summed E-state index contributed by atoms with van der Waals surface area (Å²) in [6.07, 6.45) is 4.91. The van der Waals surface area contributed by atoms with Crippen LogP contribution in [0.15, 0.2) is 18.2 Å². The highest BCUT2D eigenvalue weighted by Gasteiger charge is 2.42. The van der Waals surface area contributed by atoms with Gasteiger partial charge in [0.25, 0.3) is 0 Å². The second-order valence-corrected chi connectivity index (χ2v) is 6.42. The number of nitrogens with zero attached hydrogens (tertiary/aromatic N) is 1. The van der Waals surface area contributed by atoms with Crippen LogP contribution >= 0.6 is 0 Å². The predicted molar refractivity (Wildman–Crippen MR) is 88.0 cm³/mol. The van der Waals surface area contributed by atoms with Crippen molar-refractivity contribution in [3.63, 3.8) is 0 Å². The number of piperidine rings is 1. The third kappa shape index (κ3) is 3.20. The highest BCUT2D eigenvalue weighted by Crippen LogP contribution is 2.35. The molecule has 1 aliphatic heterocycles. The Bertz CT molecular complexity index is 665. The van der Waals surface area contributed by atoms with Crippen molar-refractivity contribution in [3.8, 4) is 6.07 Å². The Kier molecular flexibility index (Phi) is 4.30. The summed E-state index contributed by atoms with van der Waals surface area (Å²) in [6, 6.07) is 7.23. The van der Waals surface area contributed by atoms with Gasteiger partial charge in [-0.15, -0.1) is 0 Å². The van der Waals surface area contributed by atoms with Crippen molar-refractivity contribution in [1.82, 2.24) is 10.6 Å². The summed E-state index contributed by atoms with van der Waals surface area (Å²) in [5.74, 6) is 0.328. The van der Waals surface area contributed by atoms with E-state index in [0.29, 0.717) is 29.6 Å². The van der Waals surface area contributed by atoms with Gasteiger partial charge in [0, 0.05) is 29.9 Å². The standard InChI is InChI=1S/C17H21N5O/c18-8-12-2-1-10(6-15(12)20)5-14(9-19)22-17(23)16-11-3-4-13(7-11)21-16/h1-2,6,8,11,13-14,16,18,21H,3-5,7,20H2,(H,22,23). The van der Waals surface area contributed by atoms with Crippen molar-refractivity contribution in [2.75, 3.05) is 5.73 Å². The van der Waals surface area contributed by atoms with Gasteiger partial charge in [0.05, 0.1) is 12.1 Å². The minimum atomic E-state index is -0.575. The summed E-state index contributed by atoms with van der Waals surface area (Å²) >= 11 is 0. The first-order valence-electron chi connectivity index (χ1n) is 7.95. The number of hydrogen-bond donors (Lipinski definition) is 4. The first-order valence-corrected chi connectivity index (χ1v) is 7.95. The summed E-state index contributed by atoms with van der Waals surface area (Å²) in [4.78, 5) is 12.4. The van der Waals surface area contributed by atoms with Gasteiger partial charge >= 0.3 is 0 Å². The third-order valence-electron chi connectivity index (χ3n) is 4.86. The first kappa shape index (κ1) is 15.5. The maximum atomic E-state index is 12.4. The van der Waals surface area contributed by atoms with Crippen LogP contribution in [0.1, 0.15) is 30.4 Å². The van der Waals surface area contributed by atoms with Gasteiger partial charge in [-0.2, -0.15) is 5.26 Å². The highest BCUT2D eigenvalue weighted by molar-refractivity contribution is 5.85. The van der Waals surface area contributed by atoms with E-state index >= 15 is 0 Å². The van der Waals surface area contributed by atoms with Crippen LogP contribution in [0.4, 0.5) is 5.69 Å². The normalized spacial score (nSPS) is 26.5. The number of carbonyl (C=O) groups is 1. The van der Waals surface area contributed by atoms with Crippen molar-refractivity contribution in [2.45, 2.75) is 43.8 Å². The van der Waals surface area contributed by atoms with Gasteiger partial charge in [0.1, 0.15) is 6.04 Å². The fourth-order valence-electron chi connectivity index (χ4n) is 3.66. The molecule has 2 bridgehead atoms. The average molecular weight is 311 g/mol. The number of fused-ring (bicyclic) bond motifs is 2. The molecule has 6 heteroatoms. The molecule has 4 unspecified atom stereocenters. The van der Waals surface area contributed by atoms with E-state index in [9.17, 15) is 10.1 Å². The first-order chi connectivity index (χ1) is 11.1. The molecule has 4 atom stereocenters. The molecule has 1 aliphatic carbocycles. The topological polar surface area (TPSA) is 115 Å². The van der Waals surface area contributed by atoms with Gasteiger partial charge < -0.3 is 21.8 Å². The van der Waals surface area contributed by atoms with Gasteiger partial charge in [-0.3, -0.25) is 4.79 Å². The number of carbonyl (C=O) groups excluding carboxylic acids is 1. The molecule has 2 fully saturated rings. The van der Waals surface area contributed by atoms with Gasteiger partial charge in [-0.1, -0.05) is 12.1 Å². The number of nitrogen functional groups attached to an aromatic ring is 1. The molecular formula is C17H21N5O. The lowest BCUT2D eigenvalue weighted by Crippen LogP contribution is -2.50. The van der Waals surface area contributed by atoms with Crippen LogP contribution in [0.5, 0.6) is 0 Å². The summed E-state index contributed by atoms with van der Waals surface area (Å²) in [6.45, 7) is 0. The molecule has 2 aliphatic rings. The molecule has 1 aromatic rings. The van der Waals surface area contributed by atoms with E-state index in [1.807, 2.05) is 6.07 Å². The molecule has 23 heavy (non-hydrogen) atoms.